The number of carboxylic acid groups (broad SMARTS) is 1. The quantitative estimate of drug-likeness (QED) is 0.460. The van der Waals surface area contributed by atoms with E-state index in [0.29, 0.717) is 10.2 Å². The first-order valence-corrected chi connectivity index (χ1v) is 4.73. The molecule has 1 N–H and O–H groups in total. The van der Waals surface area contributed by atoms with Gasteiger partial charge in [-0.25, -0.2) is 9.78 Å². The monoisotopic (exact) mass is 206 g/mol. The first kappa shape index (κ1) is 9.27. The van der Waals surface area contributed by atoms with Crippen LogP contribution in [0, 0.1) is 6.92 Å². The number of nitrogens with zero attached hydrogens (tertiary/aromatic N) is 2. The first-order valence-electron chi connectivity index (χ1n) is 2.97. The number of rotatable bonds is 3. The molecule has 66 valence electrons. The van der Waals surface area contributed by atoms with Gasteiger partial charge in [-0.2, -0.15) is 4.37 Å². The predicted molar refractivity (Wildman–Crippen MR) is 44.5 cm³/mol. The summed E-state index contributed by atoms with van der Waals surface area (Å²) in [4.78, 5) is 13.9. The average Bonchev–Trinajstić information content (AvgIpc) is 2.35. The molecule has 0 aliphatic carbocycles. The first-order chi connectivity index (χ1) is 5.68. The molecule has 0 unspecified atom stereocenters. The molecular weight excluding hydrogens is 200 g/mol. The van der Waals surface area contributed by atoms with Crippen LogP contribution in [-0.2, 0) is 4.74 Å². The Hall–Kier alpha value is -0.820. The van der Waals surface area contributed by atoms with Gasteiger partial charge in [0.05, 0.1) is 0 Å². The molecule has 0 saturated heterocycles. The van der Waals surface area contributed by atoms with Crippen LogP contribution in [0.1, 0.15) is 5.82 Å². The van der Waals surface area contributed by atoms with Gasteiger partial charge >= 0.3 is 6.16 Å². The third kappa shape index (κ3) is 3.05. The third-order valence-corrected chi connectivity index (χ3v) is 2.63. The maximum absolute atomic E-state index is 9.93. The highest BCUT2D eigenvalue weighted by molar-refractivity contribution is 8.00. The molecule has 1 aromatic rings. The number of aryl methyl sites for hydroxylation is 1. The zero-order valence-electron chi connectivity index (χ0n) is 6.18. The molecule has 0 amide bonds. The number of aromatic nitrogens is 2. The van der Waals surface area contributed by atoms with E-state index in [2.05, 4.69) is 14.1 Å². The molecule has 0 bridgehead atoms. The SMILES string of the molecule is Cc1nsc(SCOC(=O)O)n1. The van der Waals surface area contributed by atoms with Gasteiger partial charge in [0.25, 0.3) is 0 Å². The fourth-order valence-corrected chi connectivity index (χ4v) is 1.82. The summed E-state index contributed by atoms with van der Waals surface area (Å²) < 4.78 is 8.91. The number of thioether (sulfide) groups is 1. The lowest BCUT2D eigenvalue weighted by Crippen LogP contribution is -1.98. The fourth-order valence-electron chi connectivity index (χ4n) is 0.467. The van der Waals surface area contributed by atoms with Gasteiger partial charge in [-0.05, 0) is 18.5 Å². The van der Waals surface area contributed by atoms with Crippen LogP contribution in [-0.4, -0.2) is 26.6 Å². The van der Waals surface area contributed by atoms with Crippen molar-refractivity contribution in [1.29, 1.82) is 0 Å². The van der Waals surface area contributed by atoms with Crippen LogP contribution in [0.25, 0.3) is 0 Å². The van der Waals surface area contributed by atoms with Crippen molar-refractivity contribution in [3.8, 4) is 0 Å². The second-order valence-corrected chi connectivity index (χ2v) is 3.70. The van der Waals surface area contributed by atoms with Crippen molar-refractivity contribution in [2.24, 2.45) is 0 Å². The topological polar surface area (TPSA) is 72.3 Å². The minimum atomic E-state index is -1.27. The second kappa shape index (κ2) is 4.27. The standard InChI is InChI=1S/C5H6N2O3S2/c1-3-6-4(12-7-3)11-2-10-5(8)9/h2H2,1H3,(H,8,9). The minimum Gasteiger partial charge on any atom is -0.450 e. The molecule has 0 atom stereocenters. The molecule has 1 aromatic heterocycles. The van der Waals surface area contributed by atoms with E-state index < -0.39 is 6.16 Å². The molecule has 0 aliphatic rings. The van der Waals surface area contributed by atoms with E-state index in [1.54, 1.807) is 6.92 Å². The predicted octanol–water partition coefficient (Wildman–Crippen LogP) is 1.59. The summed E-state index contributed by atoms with van der Waals surface area (Å²) in [6.45, 7) is 1.78. The fraction of sp³-hybridized carbons (Fsp3) is 0.400. The van der Waals surface area contributed by atoms with Gasteiger partial charge in [-0.1, -0.05) is 11.8 Å². The van der Waals surface area contributed by atoms with Crippen molar-refractivity contribution < 1.29 is 14.6 Å². The van der Waals surface area contributed by atoms with Gasteiger partial charge in [0.2, 0.25) is 0 Å². The number of ether oxygens (including phenoxy) is 1. The molecule has 0 saturated carbocycles. The summed E-state index contributed by atoms with van der Waals surface area (Å²) in [6, 6.07) is 0. The van der Waals surface area contributed by atoms with E-state index in [1.807, 2.05) is 0 Å². The van der Waals surface area contributed by atoms with Crippen LogP contribution in [0.2, 0.25) is 0 Å². The Morgan fingerprint density at radius 3 is 3.08 bits per heavy atom. The molecule has 5 nitrogen and oxygen atoms in total. The van der Waals surface area contributed by atoms with E-state index in [1.165, 1.54) is 23.3 Å². The van der Waals surface area contributed by atoms with Crippen LogP contribution < -0.4 is 0 Å². The Labute approximate surface area is 76.9 Å². The molecule has 12 heavy (non-hydrogen) atoms. The van der Waals surface area contributed by atoms with Gasteiger partial charge in [0, 0.05) is 0 Å². The van der Waals surface area contributed by atoms with Crippen LogP contribution in [0.5, 0.6) is 0 Å². The minimum absolute atomic E-state index is 0.0595. The van der Waals surface area contributed by atoms with Crippen LogP contribution in [0.4, 0.5) is 4.79 Å². The molecule has 0 radical (unpaired) electrons. The highest BCUT2D eigenvalue weighted by Crippen LogP contribution is 2.19. The molecule has 0 fully saturated rings. The highest BCUT2D eigenvalue weighted by atomic mass is 32.2. The van der Waals surface area contributed by atoms with Crippen LogP contribution in [0.3, 0.4) is 0 Å². The van der Waals surface area contributed by atoms with Crippen molar-refractivity contribution in [2.75, 3.05) is 5.94 Å². The molecule has 1 heterocycles. The smallest absolute Gasteiger partial charge is 0.450 e. The Morgan fingerprint density at radius 2 is 2.58 bits per heavy atom. The van der Waals surface area contributed by atoms with E-state index in [0.717, 1.165) is 0 Å². The molecule has 7 heteroatoms. The Bertz CT molecular complexity index is 275. The Kier molecular flexibility index (Phi) is 3.30. The van der Waals surface area contributed by atoms with Gasteiger partial charge < -0.3 is 9.84 Å². The lowest BCUT2D eigenvalue weighted by Gasteiger charge is -1.94. The van der Waals surface area contributed by atoms with Gasteiger partial charge in [0.15, 0.2) is 4.34 Å². The van der Waals surface area contributed by atoms with Crippen molar-refractivity contribution >= 4 is 29.4 Å². The molecule has 1 rings (SSSR count). The van der Waals surface area contributed by atoms with E-state index >= 15 is 0 Å². The lowest BCUT2D eigenvalue weighted by molar-refractivity contribution is 0.109. The summed E-state index contributed by atoms with van der Waals surface area (Å²) in [7, 11) is 0. The number of hydrogen-bond donors (Lipinski definition) is 1. The van der Waals surface area contributed by atoms with Crippen molar-refractivity contribution in [3.05, 3.63) is 5.82 Å². The number of hydrogen-bond acceptors (Lipinski definition) is 6. The average molecular weight is 206 g/mol. The van der Waals surface area contributed by atoms with E-state index in [4.69, 9.17) is 5.11 Å². The normalized spacial score (nSPS) is 9.75. The summed E-state index contributed by atoms with van der Waals surface area (Å²) >= 11 is 2.44. The Morgan fingerprint density at radius 1 is 1.83 bits per heavy atom. The maximum Gasteiger partial charge on any atom is 0.506 e. The molecule has 0 aliphatic heterocycles. The molecular formula is C5H6N2O3S2. The zero-order valence-corrected chi connectivity index (χ0v) is 7.81. The van der Waals surface area contributed by atoms with Crippen molar-refractivity contribution in [3.63, 3.8) is 0 Å². The summed E-state index contributed by atoms with van der Waals surface area (Å²) in [5.74, 6) is 0.752. The van der Waals surface area contributed by atoms with Gasteiger partial charge in [0.1, 0.15) is 11.8 Å². The lowest BCUT2D eigenvalue weighted by atomic mass is 10.8. The van der Waals surface area contributed by atoms with Crippen molar-refractivity contribution in [1.82, 2.24) is 9.36 Å². The highest BCUT2D eigenvalue weighted by Gasteiger charge is 2.02. The van der Waals surface area contributed by atoms with Crippen LogP contribution in [0.15, 0.2) is 4.34 Å². The maximum atomic E-state index is 9.93. The number of carbonyl (C=O) groups is 1. The molecule has 0 spiro atoms. The summed E-state index contributed by atoms with van der Waals surface area (Å²) in [5, 5.41) is 8.13. The van der Waals surface area contributed by atoms with E-state index in [9.17, 15) is 4.79 Å². The van der Waals surface area contributed by atoms with Gasteiger partial charge in [-0.15, -0.1) is 0 Å². The third-order valence-electron chi connectivity index (χ3n) is 0.874. The van der Waals surface area contributed by atoms with Crippen LogP contribution >= 0.6 is 23.3 Å². The van der Waals surface area contributed by atoms with E-state index in [-0.39, 0.29) is 5.94 Å². The summed E-state index contributed by atoms with van der Waals surface area (Å²) in [6.07, 6.45) is -1.27. The second-order valence-electron chi connectivity index (χ2n) is 1.78. The molecule has 0 aromatic carbocycles. The summed E-state index contributed by atoms with van der Waals surface area (Å²) in [5.41, 5.74) is 0. The van der Waals surface area contributed by atoms with Gasteiger partial charge in [-0.3, -0.25) is 0 Å². The van der Waals surface area contributed by atoms with Crippen molar-refractivity contribution in [2.45, 2.75) is 11.3 Å². The Balaban J connectivity index is 2.29. The largest absolute Gasteiger partial charge is 0.506 e. The zero-order chi connectivity index (χ0) is 8.97.